The van der Waals surface area contributed by atoms with Crippen molar-refractivity contribution < 1.29 is 4.79 Å². The number of pyridine rings is 1. The molecule has 1 amide bonds. The van der Waals surface area contributed by atoms with E-state index in [4.69, 9.17) is 12.2 Å². The molecule has 1 aliphatic heterocycles. The molecule has 200 valence electrons. The molecule has 39 heavy (non-hydrogen) atoms. The van der Waals surface area contributed by atoms with E-state index in [1.165, 1.54) is 11.1 Å². The minimum absolute atomic E-state index is 0.0242. The second kappa shape index (κ2) is 11.4. The third-order valence-corrected chi connectivity index (χ3v) is 7.88. The predicted octanol–water partition coefficient (Wildman–Crippen LogP) is 6.36. The molecule has 3 heterocycles. The Morgan fingerprint density at radius 2 is 1.77 bits per heavy atom. The first-order valence-corrected chi connectivity index (χ1v) is 13.9. The van der Waals surface area contributed by atoms with Crippen molar-refractivity contribution in [1.29, 1.82) is 0 Å². The number of aromatic nitrogens is 2. The van der Waals surface area contributed by atoms with Gasteiger partial charge in [-0.2, -0.15) is 0 Å². The molecule has 0 bridgehead atoms. The molecule has 2 N–H and O–H groups in total. The summed E-state index contributed by atoms with van der Waals surface area (Å²) in [6, 6.07) is 24.5. The van der Waals surface area contributed by atoms with Gasteiger partial charge in [-0.15, -0.1) is 0 Å². The van der Waals surface area contributed by atoms with Gasteiger partial charge in [-0.1, -0.05) is 48.9 Å². The monoisotopic (exact) mass is 537 g/mol. The van der Waals surface area contributed by atoms with Crippen molar-refractivity contribution in [3.8, 4) is 5.69 Å². The van der Waals surface area contributed by atoms with Crippen LogP contribution in [0.15, 0.2) is 79.0 Å². The first-order valence-electron chi connectivity index (χ1n) is 13.5. The van der Waals surface area contributed by atoms with E-state index >= 15 is 0 Å². The average Bonchev–Trinajstić information content (AvgIpc) is 3.43. The SMILES string of the molecule is CCc1ccccc1NC(=O)CCN1C(=S)N[C@@H](c2ccccn2)[C@H]1c1cc(C)n(-c2ccc(C)cc2)c1C. The summed E-state index contributed by atoms with van der Waals surface area (Å²) in [6.45, 7) is 8.98. The lowest BCUT2D eigenvalue weighted by Crippen LogP contribution is -2.33. The fourth-order valence-corrected chi connectivity index (χ4v) is 5.88. The molecule has 4 aromatic rings. The minimum atomic E-state index is -0.130. The summed E-state index contributed by atoms with van der Waals surface area (Å²) in [5, 5.41) is 7.26. The number of aryl methyl sites for hydroxylation is 3. The number of nitrogens with zero attached hydrogens (tertiary/aromatic N) is 3. The molecule has 1 aliphatic rings. The van der Waals surface area contributed by atoms with Gasteiger partial charge >= 0.3 is 0 Å². The van der Waals surface area contributed by atoms with Gasteiger partial charge in [0, 0.05) is 41.9 Å². The topological polar surface area (TPSA) is 62.2 Å². The van der Waals surface area contributed by atoms with E-state index in [0.717, 1.165) is 40.4 Å². The van der Waals surface area contributed by atoms with Crippen LogP contribution < -0.4 is 10.6 Å². The van der Waals surface area contributed by atoms with Crippen molar-refractivity contribution in [1.82, 2.24) is 19.8 Å². The second-order valence-electron chi connectivity index (χ2n) is 10.1. The van der Waals surface area contributed by atoms with Crippen molar-refractivity contribution in [2.24, 2.45) is 0 Å². The van der Waals surface area contributed by atoms with Gasteiger partial charge in [0.2, 0.25) is 5.91 Å². The molecule has 2 aromatic heterocycles. The first-order chi connectivity index (χ1) is 18.9. The number of anilines is 1. The van der Waals surface area contributed by atoms with E-state index in [-0.39, 0.29) is 18.0 Å². The smallest absolute Gasteiger partial charge is 0.226 e. The minimum Gasteiger partial charge on any atom is -0.352 e. The highest BCUT2D eigenvalue weighted by atomic mass is 32.1. The van der Waals surface area contributed by atoms with Crippen LogP contribution in [0.1, 0.15) is 59.2 Å². The van der Waals surface area contributed by atoms with Crippen molar-refractivity contribution >= 4 is 28.9 Å². The Balaban J connectivity index is 1.46. The summed E-state index contributed by atoms with van der Waals surface area (Å²) in [7, 11) is 0. The van der Waals surface area contributed by atoms with Gasteiger partial charge in [0.05, 0.1) is 17.8 Å². The maximum atomic E-state index is 13.1. The maximum Gasteiger partial charge on any atom is 0.226 e. The molecule has 1 saturated heterocycles. The lowest BCUT2D eigenvalue weighted by atomic mass is 9.96. The van der Waals surface area contributed by atoms with Crippen LogP contribution in [0.3, 0.4) is 0 Å². The normalized spacial score (nSPS) is 16.8. The molecule has 7 heteroatoms. The number of para-hydroxylation sites is 1. The molecule has 6 nitrogen and oxygen atoms in total. The average molecular weight is 538 g/mol. The highest BCUT2D eigenvalue weighted by Gasteiger charge is 2.41. The standard InChI is InChI=1S/C32H35N5OS/c1-5-24-10-6-7-11-27(24)34-29(38)17-19-36-31(30(35-32(36)39)28-12-8-9-18-33-28)26-20-22(3)37(23(26)4)25-15-13-21(2)14-16-25/h6-16,18,20,30-31H,5,17,19H2,1-4H3,(H,34,38)(H,35,39)/t30-,31+/m0/s1. The molecule has 2 aromatic carbocycles. The number of carbonyl (C=O) groups excluding carboxylic acids is 1. The van der Waals surface area contributed by atoms with Crippen LogP contribution in [0.2, 0.25) is 0 Å². The van der Waals surface area contributed by atoms with Crippen molar-refractivity contribution in [3.63, 3.8) is 0 Å². The molecular weight excluding hydrogens is 502 g/mol. The van der Waals surface area contributed by atoms with Crippen LogP contribution >= 0.6 is 12.2 Å². The molecule has 0 saturated carbocycles. The zero-order valence-corrected chi connectivity index (χ0v) is 23.8. The highest BCUT2D eigenvalue weighted by molar-refractivity contribution is 7.80. The van der Waals surface area contributed by atoms with Crippen LogP contribution in [0, 0.1) is 20.8 Å². The summed E-state index contributed by atoms with van der Waals surface area (Å²) in [6.07, 6.45) is 3.00. The number of hydrogen-bond donors (Lipinski definition) is 2. The Hall–Kier alpha value is -3.97. The summed E-state index contributed by atoms with van der Waals surface area (Å²) < 4.78 is 2.29. The van der Waals surface area contributed by atoms with Crippen molar-refractivity contribution in [3.05, 3.63) is 113 Å². The molecule has 0 unspecified atom stereocenters. The zero-order chi connectivity index (χ0) is 27.5. The summed E-state index contributed by atoms with van der Waals surface area (Å²) in [5.41, 5.74) is 8.76. The molecule has 1 fully saturated rings. The number of rotatable bonds is 8. The van der Waals surface area contributed by atoms with Gasteiger partial charge < -0.3 is 20.1 Å². The fraction of sp³-hybridized carbons (Fsp3) is 0.281. The Kier molecular flexibility index (Phi) is 7.79. The van der Waals surface area contributed by atoms with Crippen LogP contribution in [0.5, 0.6) is 0 Å². The first kappa shape index (κ1) is 26.6. The van der Waals surface area contributed by atoms with Crippen molar-refractivity contribution in [2.45, 2.75) is 52.6 Å². The highest BCUT2D eigenvalue weighted by Crippen LogP contribution is 2.41. The van der Waals surface area contributed by atoms with E-state index in [2.05, 4.69) is 83.1 Å². The largest absolute Gasteiger partial charge is 0.352 e. The quantitative estimate of drug-likeness (QED) is 0.256. The Morgan fingerprint density at radius 3 is 2.49 bits per heavy atom. The summed E-state index contributed by atoms with van der Waals surface area (Å²) in [4.78, 5) is 19.9. The van der Waals surface area contributed by atoms with Gasteiger partial charge in [0.15, 0.2) is 5.11 Å². The molecular formula is C32H35N5OS. The number of carbonyl (C=O) groups is 1. The Morgan fingerprint density at radius 1 is 1.03 bits per heavy atom. The summed E-state index contributed by atoms with van der Waals surface area (Å²) in [5.74, 6) is -0.0242. The van der Waals surface area contributed by atoms with E-state index in [1.54, 1.807) is 0 Å². The molecule has 0 aliphatic carbocycles. The number of amides is 1. The fourth-order valence-electron chi connectivity index (χ4n) is 5.55. The number of hydrogen-bond acceptors (Lipinski definition) is 3. The molecule has 0 spiro atoms. The van der Waals surface area contributed by atoms with Gasteiger partial charge in [-0.3, -0.25) is 9.78 Å². The van der Waals surface area contributed by atoms with Crippen LogP contribution in [0.4, 0.5) is 5.69 Å². The van der Waals surface area contributed by atoms with Gasteiger partial charge in [0.1, 0.15) is 0 Å². The lowest BCUT2D eigenvalue weighted by molar-refractivity contribution is -0.116. The Labute approximate surface area is 236 Å². The van der Waals surface area contributed by atoms with Crippen LogP contribution in [-0.4, -0.2) is 32.0 Å². The van der Waals surface area contributed by atoms with Crippen LogP contribution in [0.25, 0.3) is 5.69 Å². The lowest BCUT2D eigenvalue weighted by Gasteiger charge is -2.28. The van der Waals surface area contributed by atoms with Gasteiger partial charge in [0.25, 0.3) is 0 Å². The number of thiocarbonyl (C=S) groups is 1. The summed E-state index contributed by atoms with van der Waals surface area (Å²) >= 11 is 5.86. The molecule has 5 rings (SSSR count). The van der Waals surface area contributed by atoms with Crippen molar-refractivity contribution in [2.75, 3.05) is 11.9 Å². The second-order valence-corrected chi connectivity index (χ2v) is 10.5. The maximum absolute atomic E-state index is 13.1. The predicted molar refractivity (Wildman–Crippen MR) is 161 cm³/mol. The van der Waals surface area contributed by atoms with E-state index in [9.17, 15) is 4.79 Å². The van der Waals surface area contributed by atoms with E-state index in [0.29, 0.717) is 18.1 Å². The molecule has 0 radical (unpaired) electrons. The van der Waals surface area contributed by atoms with E-state index < -0.39 is 0 Å². The van der Waals surface area contributed by atoms with Gasteiger partial charge in [-0.05, 0) is 86.9 Å². The Bertz CT molecular complexity index is 1480. The molecule has 2 atom stereocenters. The number of nitrogens with one attached hydrogen (secondary N) is 2. The third-order valence-electron chi connectivity index (χ3n) is 7.53. The van der Waals surface area contributed by atoms with E-state index in [1.807, 2.05) is 48.7 Å². The zero-order valence-electron chi connectivity index (χ0n) is 22.9. The van der Waals surface area contributed by atoms with Crippen LogP contribution in [-0.2, 0) is 11.2 Å². The third kappa shape index (κ3) is 5.45. The van der Waals surface area contributed by atoms with Gasteiger partial charge in [-0.25, -0.2) is 0 Å². The number of benzene rings is 2.